The van der Waals surface area contributed by atoms with Crippen LogP contribution in [0.15, 0.2) is 52.9 Å². The van der Waals surface area contributed by atoms with Gasteiger partial charge in [0.1, 0.15) is 0 Å². The molecule has 2 heterocycles. The summed E-state index contributed by atoms with van der Waals surface area (Å²) in [5.41, 5.74) is 3.54. The van der Waals surface area contributed by atoms with E-state index in [1.807, 2.05) is 23.1 Å². The van der Waals surface area contributed by atoms with Crippen LogP contribution in [-0.2, 0) is 4.79 Å². The first-order chi connectivity index (χ1) is 12.7. The molecule has 1 amide bonds. The topological polar surface area (TPSA) is 36.4 Å². The highest BCUT2D eigenvalue weighted by Crippen LogP contribution is 2.29. The quantitative estimate of drug-likeness (QED) is 0.637. The van der Waals surface area contributed by atoms with E-state index in [9.17, 15) is 4.79 Å². The van der Waals surface area contributed by atoms with Gasteiger partial charge in [-0.1, -0.05) is 36.0 Å². The molecule has 1 fully saturated rings. The number of piperazine rings is 1. The summed E-state index contributed by atoms with van der Waals surface area (Å²) in [4.78, 5) is 21.5. The number of thioether (sulfide) groups is 1. The molecule has 0 spiro atoms. The third-order valence-electron chi connectivity index (χ3n) is 4.59. The Morgan fingerprint density at radius 3 is 2.69 bits per heavy atom. The minimum Gasteiger partial charge on any atom is -0.368 e. The van der Waals surface area contributed by atoms with Crippen molar-refractivity contribution in [3.63, 3.8) is 0 Å². The predicted molar refractivity (Wildman–Crippen MR) is 110 cm³/mol. The lowest BCUT2D eigenvalue weighted by Crippen LogP contribution is -2.49. The van der Waals surface area contributed by atoms with Gasteiger partial charge in [0.05, 0.1) is 16.0 Å². The molecule has 0 N–H and O–H groups in total. The summed E-state index contributed by atoms with van der Waals surface area (Å²) in [5, 5.41) is 0. The SMILES string of the molecule is Cc1cccc(N2CCN(C(=O)CSc3nc4ccccc4s3)CC2)c1. The first-order valence-corrected chi connectivity index (χ1v) is 10.6. The van der Waals surface area contributed by atoms with E-state index >= 15 is 0 Å². The lowest BCUT2D eigenvalue weighted by Gasteiger charge is -2.36. The van der Waals surface area contributed by atoms with Gasteiger partial charge in [-0.15, -0.1) is 11.3 Å². The fraction of sp³-hybridized carbons (Fsp3) is 0.300. The molecule has 1 saturated heterocycles. The van der Waals surface area contributed by atoms with E-state index in [1.54, 1.807) is 23.1 Å². The van der Waals surface area contributed by atoms with E-state index < -0.39 is 0 Å². The van der Waals surface area contributed by atoms with Crippen molar-refractivity contribution in [3.8, 4) is 0 Å². The van der Waals surface area contributed by atoms with Crippen molar-refractivity contribution in [3.05, 3.63) is 54.1 Å². The van der Waals surface area contributed by atoms with Crippen LogP contribution in [0.2, 0.25) is 0 Å². The van der Waals surface area contributed by atoms with Crippen LogP contribution in [0.5, 0.6) is 0 Å². The smallest absolute Gasteiger partial charge is 0.233 e. The van der Waals surface area contributed by atoms with Gasteiger partial charge < -0.3 is 9.80 Å². The van der Waals surface area contributed by atoms with Crippen LogP contribution < -0.4 is 4.90 Å². The van der Waals surface area contributed by atoms with Gasteiger partial charge in [0.2, 0.25) is 5.91 Å². The molecule has 0 radical (unpaired) electrons. The zero-order chi connectivity index (χ0) is 17.9. The molecule has 3 aromatic rings. The van der Waals surface area contributed by atoms with Crippen LogP contribution in [-0.4, -0.2) is 47.7 Å². The summed E-state index contributed by atoms with van der Waals surface area (Å²) in [6.07, 6.45) is 0. The van der Waals surface area contributed by atoms with Crippen molar-refractivity contribution < 1.29 is 4.79 Å². The minimum absolute atomic E-state index is 0.207. The third kappa shape index (κ3) is 3.86. The maximum Gasteiger partial charge on any atom is 0.233 e. The number of benzene rings is 2. The summed E-state index contributed by atoms with van der Waals surface area (Å²) in [7, 11) is 0. The van der Waals surface area contributed by atoms with E-state index in [0.717, 1.165) is 36.0 Å². The molecule has 134 valence electrons. The van der Waals surface area contributed by atoms with Crippen LogP contribution in [0.25, 0.3) is 10.2 Å². The molecule has 1 aliphatic rings. The highest BCUT2D eigenvalue weighted by molar-refractivity contribution is 8.01. The number of hydrogen-bond donors (Lipinski definition) is 0. The van der Waals surface area contributed by atoms with Crippen molar-refractivity contribution in [2.75, 3.05) is 36.8 Å². The van der Waals surface area contributed by atoms with Crippen molar-refractivity contribution in [2.24, 2.45) is 0 Å². The minimum atomic E-state index is 0.207. The largest absolute Gasteiger partial charge is 0.368 e. The second-order valence-corrected chi connectivity index (χ2v) is 8.70. The summed E-state index contributed by atoms with van der Waals surface area (Å²) >= 11 is 3.21. The Hall–Kier alpha value is -2.05. The molecule has 26 heavy (non-hydrogen) atoms. The lowest BCUT2D eigenvalue weighted by molar-refractivity contribution is -0.128. The maximum atomic E-state index is 12.5. The molecular weight excluding hydrogens is 362 g/mol. The molecule has 6 heteroatoms. The van der Waals surface area contributed by atoms with Gasteiger partial charge in [-0.3, -0.25) is 4.79 Å². The highest BCUT2D eigenvalue weighted by Gasteiger charge is 2.21. The first kappa shape index (κ1) is 17.4. The first-order valence-electron chi connectivity index (χ1n) is 8.77. The highest BCUT2D eigenvalue weighted by atomic mass is 32.2. The number of nitrogens with zero attached hydrogens (tertiary/aromatic N) is 3. The number of amides is 1. The Bertz CT molecular complexity index is 883. The number of anilines is 1. The molecule has 1 aromatic heterocycles. The zero-order valence-electron chi connectivity index (χ0n) is 14.7. The molecule has 2 aromatic carbocycles. The fourth-order valence-electron chi connectivity index (χ4n) is 3.17. The number of fused-ring (bicyclic) bond motifs is 1. The number of aromatic nitrogens is 1. The number of carbonyl (C=O) groups excluding carboxylic acids is 1. The van der Waals surface area contributed by atoms with Gasteiger partial charge in [0.15, 0.2) is 4.34 Å². The predicted octanol–water partition coefficient (Wildman–Crippen LogP) is 4.05. The van der Waals surface area contributed by atoms with Crippen LogP contribution in [0.1, 0.15) is 5.56 Å². The van der Waals surface area contributed by atoms with Gasteiger partial charge >= 0.3 is 0 Å². The van der Waals surface area contributed by atoms with E-state index in [1.165, 1.54) is 16.0 Å². The average molecular weight is 384 g/mol. The van der Waals surface area contributed by atoms with Gasteiger partial charge in [-0.05, 0) is 36.8 Å². The summed E-state index contributed by atoms with van der Waals surface area (Å²) in [6, 6.07) is 16.7. The van der Waals surface area contributed by atoms with Gasteiger partial charge in [0.25, 0.3) is 0 Å². The van der Waals surface area contributed by atoms with Crippen molar-refractivity contribution in [1.29, 1.82) is 0 Å². The summed E-state index contributed by atoms with van der Waals surface area (Å²) < 4.78 is 2.15. The number of rotatable bonds is 4. The number of aryl methyl sites for hydroxylation is 1. The fourth-order valence-corrected chi connectivity index (χ4v) is 5.14. The van der Waals surface area contributed by atoms with Crippen molar-refractivity contribution >= 4 is 44.9 Å². The van der Waals surface area contributed by atoms with Gasteiger partial charge in [-0.2, -0.15) is 0 Å². The normalized spacial score (nSPS) is 14.8. The molecule has 0 aliphatic carbocycles. The summed E-state index contributed by atoms with van der Waals surface area (Å²) in [5.74, 6) is 0.669. The van der Waals surface area contributed by atoms with E-state index in [2.05, 4.69) is 47.1 Å². The molecule has 1 aliphatic heterocycles. The van der Waals surface area contributed by atoms with Crippen molar-refractivity contribution in [2.45, 2.75) is 11.3 Å². The second kappa shape index (κ2) is 7.68. The summed E-state index contributed by atoms with van der Waals surface area (Å²) in [6.45, 7) is 5.46. The zero-order valence-corrected chi connectivity index (χ0v) is 16.4. The maximum absolute atomic E-state index is 12.5. The standard InChI is InChI=1S/C20H21N3OS2/c1-15-5-4-6-16(13-15)22-9-11-23(12-10-22)19(24)14-25-20-21-17-7-2-3-8-18(17)26-20/h2-8,13H,9-12,14H2,1H3. The lowest BCUT2D eigenvalue weighted by atomic mass is 10.2. The van der Waals surface area contributed by atoms with E-state index in [0.29, 0.717) is 5.75 Å². The molecule has 0 atom stereocenters. The van der Waals surface area contributed by atoms with Gasteiger partial charge in [0, 0.05) is 31.9 Å². The third-order valence-corrected chi connectivity index (χ3v) is 6.76. The monoisotopic (exact) mass is 383 g/mol. The molecule has 4 rings (SSSR count). The molecule has 0 unspecified atom stereocenters. The Labute approximate surface area is 161 Å². The van der Waals surface area contributed by atoms with Crippen LogP contribution >= 0.6 is 23.1 Å². The van der Waals surface area contributed by atoms with Crippen molar-refractivity contribution in [1.82, 2.24) is 9.88 Å². The number of thiazole rings is 1. The molecular formula is C20H21N3OS2. The Balaban J connectivity index is 1.30. The molecule has 0 saturated carbocycles. The number of carbonyl (C=O) groups is 1. The molecule has 4 nitrogen and oxygen atoms in total. The van der Waals surface area contributed by atoms with Gasteiger partial charge in [-0.25, -0.2) is 4.98 Å². The Kier molecular flexibility index (Phi) is 5.13. The Morgan fingerprint density at radius 1 is 1.12 bits per heavy atom. The number of hydrogen-bond acceptors (Lipinski definition) is 5. The van der Waals surface area contributed by atoms with Crippen LogP contribution in [0.3, 0.4) is 0 Å². The van der Waals surface area contributed by atoms with Crippen LogP contribution in [0.4, 0.5) is 5.69 Å². The number of para-hydroxylation sites is 1. The van der Waals surface area contributed by atoms with E-state index in [-0.39, 0.29) is 5.91 Å². The van der Waals surface area contributed by atoms with Crippen LogP contribution in [0, 0.1) is 6.92 Å². The Morgan fingerprint density at radius 2 is 1.92 bits per heavy atom. The van der Waals surface area contributed by atoms with E-state index in [4.69, 9.17) is 0 Å². The second-order valence-electron chi connectivity index (χ2n) is 6.44. The average Bonchev–Trinajstić information content (AvgIpc) is 3.09. The molecule has 0 bridgehead atoms.